The first-order valence-electron chi connectivity index (χ1n) is 7.89. The van der Waals surface area contributed by atoms with Crippen molar-refractivity contribution in [1.82, 2.24) is 20.3 Å². The molecule has 0 aromatic carbocycles. The molecule has 10 heteroatoms. The van der Waals surface area contributed by atoms with E-state index in [0.29, 0.717) is 13.1 Å². The molecule has 3 heterocycles. The summed E-state index contributed by atoms with van der Waals surface area (Å²) in [6, 6.07) is 2.18. The van der Waals surface area contributed by atoms with Crippen LogP contribution in [0.25, 0.3) is 0 Å². The number of anilines is 1. The summed E-state index contributed by atoms with van der Waals surface area (Å²) in [6.45, 7) is 0.993. The zero-order valence-corrected chi connectivity index (χ0v) is 14.3. The summed E-state index contributed by atoms with van der Waals surface area (Å²) in [5.41, 5.74) is -0.639. The molecule has 1 aliphatic rings. The second-order valence-corrected chi connectivity index (χ2v) is 6.29. The number of amides is 1. The Morgan fingerprint density at radius 2 is 2.15 bits per heavy atom. The van der Waals surface area contributed by atoms with Crippen LogP contribution in [0.5, 0.6) is 0 Å². The van der Waals surface area contributed by atoms with Crippen molar-refractivity contribution in [2.75, 3.05) is 18.0 Å². The van der Waals surface area contributed by atoms with Gasteiger partial charge in [-0.2, -0.15) is 13.2 Å². The number of piperidine rings is 1. The van der Waals surface area contributed by atoms with Gasteiger partial charge in [-0.3, -0.25) is 4.79 Å². The van der Waals surface area contributed by atoms with Crippen LogP contribution in [0.4, 0.5) is 19.0 Å². The molecule has 0 spiro atoms. The zero-order valence-electron chi connectivity index (χ0n) is 13.5. The largest absolute Gasteiger partial charge is 0.417 e. The summed E-state index contributed by atoms with van der Waals surface area (Å²) in [5.74, 6) is -0.0497. The Hall–Kier alpha value is -2.42. The Morgan fingerprint density at radius 1 is 1.35 bits per heavy atom. The van der Waals surface area contributed by atoms with E-state index in [1.807, 2.05) is 0 Å². The molecule has 2 aromatic heterocycles. The summed E-state index contributed by atoms with van der Waals surface area (Å²) in [5, 5.41) is 2.80. The molecule has 0 bridgehead atoms. The fourth-order valence-corrected chi connectivity index (χ4v) is 3.08. The van der Waals surface area contributed by atoms with Gasteiger partial charge in [0.05, 0.1) is 10.6 Å². The van der Waals surface area contributed by atoms with E-state index < -0.39 is 11.7 Å². The molecule has 0 saturated carbocycles. The average Bonchev–Trinajstić information content (AvgIpc) is 2.62. The van der Waals surface area contributed by atoms with Crippen molar-refractivity contribution in [1.29, 1.82) is 0 Å². The maximum Gasteiger partial charge on any atom is 0.417 e. The number of pyridine rings is 1. The number of carbonyl (C=O) groups excluding carboxylic acids is 1. The molecule has 6 nitrogen and oxygen atoms in total. The molecule has 0 aliphatic carbocycles. The number of nitrogens with one attached hydrogen (secondary N) is 1. The van der Waals surface area contributed by atoms with Gasteiger partial charge in [-0.05, 0) is 25.0 Å². The smallest absolute Gasteiger partial charge is 0.353 e. The standard InChI is InChI=1S/C16H15ClF3N5O/c17-12-6-10(16(18,19)20)7-22-14(12)25-5-1-2-11(8-25)24-15(26)13-3-4-21-9-23-13/h3-4,6-7,9,11H,1-2,5,8H2,(H,24,26). The van der Waals surface area contributed by atoms with Gasteiger partial charge in [-0.25, -0.2) is 15.0 Å². The van der Waals surface area contributed by atoms with E-state index >= 15 is 0 Å². The maximum absolute atomic E-state index is 12.7. The number of carbonyl (C=O) groups is 1. The summed E-state index contributed by atoms with van der Waals surface area (Å²) >= 11 is 6.01. The Labute approximate surface area is 152 Å². The van der Waals surface area contributed by atoms with Crippen LogP contribution in [0.2, 0.25) is 5.02 Å². The molecule has 1 saturated heterocycles. The molecule has 1 atom stereocenters. The Balaban J connectivity index is 1.70. The molecule has 1 fully saturated rings. The van der Waals surface area contributed by atoms with E-state index in [2.05, 4.69) is 20.3 Å². The van der Waals surface area contributed by atoms with Gasteiger partial charge in [0.15, 0.2) is 0 Å². The van der Waals surface area contributed by atoms with Gasteiger partial charge in [-0.1, -0.05) is 11.6 Å². The second-order valence-electron chi connectivity index (χ2n) is 5.88. The van der Waals surface area contributed by atoms with E-state index in [4.69, 9.17) is 11.6 Å². The minimum atomic E-state index is -4.49. The van der Waals surface area contributed by atoms with Crippen molar-refractivity contribution in [3.63, 3.8) is 0 Å². The highest BCUT2D eigenvalue weighted by Crippen LogP contribution is 2.34. The van der Waals surface area contributed by atoms with Gasteiger partial charge in [0.2, 0.25) is 0 Å². The minimum absolute atomic E-state index is 0.0670. The third-order valence-corrected chi connectivity index (χ3v) is 4.30. The third-order valence-electron chi connectivity index (χ3n) is 4.02. The monoisotopic (exact) mass is 385 g/mol. The fraction of sp³-hybridized carbons (Fsp3) is 0.375. The number of hydrogen-bond acceptors (Lipinski definition) is 5. The molecule has 1 N–H and O–H groups in total. The van der Waals surface area contributed by atoms with E-state index in [1.165, 1.54) is 18.6 Å². The lowest BCUT2D eigenvalue weighted by molar-refractivity contribution is -0.137. The lowest BCUT2D eigenvalue weighted by atomic mass is 10.1. The SMILES string of the molecule is O=C(NC1CCCN(c2ncc(C(F)(F)F)cc2Cl)C1)c1ccncn1. The summed E-state index contributed by atoms with van der Waals surface area (Å²) in [7, 11) is 0. The predicted molar refractivity (Wildman–Crippen MR) is 89.0 cm³/mol. The van der Waals surface area contributed by atoms with Crippen molar-refractivity contribution in [3.05, 3.63) is 47.1 Å². The highest BCUT2D eigenvalue weighted by Gasteiger charge is 2.32. The summed E-state index contributed by atoms with van der Waals surface area (Å²) < 4.78 is 38.2. The van der Waals surface area contributed by atoms with Crippen molar-refractivity contribution in [3.8, 4) is 0 Å². The lowest BCUT2D eigenvalue weighted by Crippen LogP contribution is -2.48. The van der Waals surface area contributed by atoms with Gasteiger partial charge in [0.25, 0.3) is 5.91 Å². The van der Waals surface area contributed by atoms with Crippen molar-refractivity contribution in [2.45, 2.75) is 25.1 Å². The molecule has 1 amide bonds. The average molecular weight is 386 g/mol. The van der Waals surface area contributed by atoms with Crippen LogP contribution in [0.1, 0.15) is 28.9 Å². The van der Waals surface area contributed by atoms with Crippen molar-refractivity contribution in [2.24, 2.45) is 0 Å². The van der Waals surface area contributed by atoms with Gasteiger partial charge >= 0.3 is 6.18 Å². The van der Waals surface area contributed by atoms with E-state index in [1.54, 1.807) is 4.90 Å². The van der Waals surface area contributed by atoms with Gasteiger partial charge in [-0.15, -0.1) is 0 Å². The van der Waals surface area contributed by atoms with E-state index in [-0.39, 0.29) is 28.5 Å². The topological polar surface area (TPSA) is 71.0 Å². The molecule has 3 rings (SSSR count). The van der Waals surface area contributed by atoms with Gasteiger partial charge < -0.3 is 10.2 Å². The lowest BCUT2D eigenvalue weighted by Gasteiger charge is -2.34. The molecule has 2 aromatic rings. The fourth-order valence-electron chi connectivity index (χ4n) is 2.79. The highest BCUT2D eigenvalue weighted by molar-refractivity contribution is 6.33. The number of alkyl halides is 3. The van der Waals surface area contributed by atoms with Crippen LogP contribution >= 0.6 is 11.6 Å². The van der Waals surface area contributed by atoms with Gasteiger partial charge in [0.1, 0.15) is 17.8 Å². The number of aromatic nitrogens is 3. The van der Waals surface area contributed by atoms with Crippen LogP contribution in [0.15, 0.2) is 30.9 Å². The van der Waals surface area contributed by atoms with Gasteiger partial charge in [0, 0.05) is 31.5 Å². The normalized spacial score (nSPS) is 17.8. The number of halogens is 4. The predicted octanol–water partition coefficient (Wildman–Crippen LogP) is 2.94. The first kappa shape index (κ1) is 18.4. The molecule has 1 unspecified atom stereocenters. The van der Waals surface area contributed by atoms with E-state index in [0.717, 1.165) is 25.1 Å². The molecular weight excluding hydrogens is 371 g/mol. The third kappa shape index (κ3) is 4.21. The second kappa shape index (κ2) is 7.45. The highest BCUT2D eigenvalue weighted by atomic mass is 35.5. The number of rotatable bonds is 3. The zero-order chi connectivity index (χ0) is 18.7. The minimum Gasteiger partial charge on any atom is -0.353 e. The Bertz CT molecular complexity index is 787. The first-order valence-corrected chi connectivity index (χ1v) is 8.27. The maximum atomic E-state index is 12.7. The summed E-state index contributed by atoms with van der Waals surface area (Å²) in [4.78, 5) is 25.5. The Kier molecular flexibility index (Phi) is 5.26. The molecule has 1 aliphatic heterocycles. The first-order chi connectivity index (χ1) is 12.3. The summed E-state index contributed by atoms with van der Waals surface area (Å²) in [6.07, 6.45) is 0.518. The van der Waals surface area contributed by atoms with Crippen molar-refractivity contribution < 1.29 is 18.0 Å². The van der Waals surface area contributed by atoms with Crippen LogP contribution in [-0.4, -0.2) is 40.0 Å². The Morgan fingerprint density at radius 3 is 2.81 bits per heavy atom. The van der Waals surface area contributed by atoms with E-state index in [9.17, 15) is 18.0 Å². The molecular formula is C16H15ClF3N5O. The quantitative estimate of drug-likeness (QED) is 0.879. The molecule has 0 radical (unpaired) electrons. The van der Waals surface area contributed by atoms with Crippen LogP contribution in [0.3, 0.4) is 0 Å². The van der Waals surface area contributed by atoms with Crippen LogP contribution in [0, 0.1) is 0 Å². The molecule has 26 heavy (non-hydrogen) atoms. The number of nitrogens with zero attached hydrogens (tertiary/aromatic N) is 4. The van der Waals surface area contributed by atoms with Crippen molar-refractivity contribution >= 4 is 23.3 Å². The number of hydrogen-bond donors (Lipinski definition) is 1. The molecule has 138 valence electrons. The van der Waals surface area contributed by atoms with Crippen LogP contribution < -0.4 is 10.2 Å². The van der Waals surface area contributed by atoms with Crippen LogP contribution in [-0.2, 0) is 6.18 Å².